The topological polar surface area (TPSA) is 59.0 Å². The van der Waals surface area contributed by atoms with Crippen LogP contribution in [0.1, 0.15) is 31.2 Å². The van der Waals surface area contributed by atoms with Crippen molar-refractivity contribution in [1.29, 1.82) is 0 Å². The fraction of sp³-hybridized carbons (Fsp3) is 0.526. The van der Waals surface area contributed by atoms with Crippen molar-refractivity contribution in [2.45, 2.75) is 32.0 Å². The smallest absolute Gasteiger partial charge is 0.288 e. The van der Waals surface area contributed by atoms with Gasteiger partial charge in [-0.2, -0.15) is 0 Å². The highest BCUT2D eigenvalue weighted by Crippen LogP contribution is 2.39. The minimum Gasteiger partial charge on any atom is -0.459 e. The van der Waals surface area contributed by atoms with Gasteiger partial charge >= 0.3 is 0 Å². The van der Waals surface area contributed by atoms with Gasteiger partial charge in [0.2, 0.25) is 6.29 Å². The second-order valence-corrected chi connectivity index (χ2v) is 6.72. The standard InChI is InChI=1S/C19H26ClNO4/c1-4-24-19-15(6-5-11-22)16(13-7-9-14(20)10-8-13)12-17(25-19)18(23)21(2)3/h7-10,12,15-16,19,22H,4-6,11H2,1-3H3/t15-,16+,19+/m1/s1. The molecule has 138 valence electrons. The number of hydrogen-bond donors (Lipinski definition) is 1. The van der Waals surface area contributed by atoms with Crippen LogP contribution in [0.25, 0.3) is 0 Å². The van der Waals surface area contributed by atoms with Gasteiger partial charge in [0.1, 0.15) is 0 Å². The molecule has 2 rings (SSSR count). The first-order valence-corrected chi connectivity index (χ1v) is 8.93. The van der Waals surface area contributed by atoms with Crippen LogP contribution in [0.2, 0.25) is 5.02 Å². The number of ether oxygens (including phenoxy) is 2. The van der Waals surface area contributed by atoms with Gasteiger partial charge in [-0.05, 0) is 43.5 Å². The number of halogens is 1. The number of aliphatic hydroxyl groups excluding tert-OH is 1. The minimum atomic E-state index is -0.527. The van der Waals surface area contributed by atoms with Crippen molar-refractivity contribution >= 4 is 17.5 Å². The Morgan fingerprint density at radius 1 is 1.32 bits per heavy atom. The molecule has 5 nitrogen and oxygen atoms in total. The molecule has 1 aromatic rings. The van der Waals surface area contributed by atoms with Crippen LogP contribution in [0.4, 0.5) is 0 Å². The summed E-state index contributed by atoms with van der Waals surface area (Å²) in [5.74, 6) is 0.0629. The molecule has 1 heterocycles. The summed E-state index contributed by atoms with van der Waals surface area (Å²) in [7, 11) is 3.38. The molecule has 0 unspecified atom stereocenters. The molecule has 0 saturated carbocycles. The van der Waals surface area contributed by atoms with E-state index in [0.29, 0.717) is 23.8 Å². The number of benzene rings is 1. The number of carbonyl (C=O) groups is 1. The molecule has 0 spiro atoms. The van der Waals surface area contributed by atoms with Gasteiger partial charge in [0.25, 0.3) is 5.91 Å². The van der Waals surface area contributed by atoms with Crippen molar-refractivity contribution in [1.82, 2.24) is 4.90 Å². The van der Waals surface area contributed by atoms with Crippen LogP contribution in [-0.4, -0.2) is 49.5 Å². The van der Waals surface area contributed by atoms with E-state index in [9.17, 15) is 9.90 Å². The SMILES string of the molecule is CCO[C@H]1OC(C(=O)N(C)C)=C[C@@H](c2ccc(Cl)cc2)[C@H]1CCCO. The fourth-order valence-corrected chi connectivity index (χ4v) is 3.17. The summed E-state index contributed by atoms with van der Waals surface area (Å²) in [5, 5.41) is 9.91. The molecule has 0 aromatic heterocycles. The number of nitrogens with zero attached hydrogens (tertiary/aromatic N) is 1. The number of rotatable bonds is 7. The van der Waals surface area contributed by atoms with Gasteiger partial charge in [-0.3, -0.25) is 4.79 Å². The molecule has 1 amide bonds. The summed E-state index contributed by atoms with van der Waals surface area (Å²) >= 11 is 6.01. The van der Waals surface area contributed by atoms with Gasteiger partial charge in [0.05, 0.1) is 0 Å². The van der Waals surface area contributed by atoms with Crippen LogP contribution in [0.3, 0.4) is 0 Å². The molecule has 1 N–H and O–H groups in total. The molecule has 6 heteroatoms. The van der Waals surface area contributed by atoms with E-state index in [1.54, 1.807) is 14.1 Å². The van der Waals surface area contributed by atoms with Gasteiger partial charge in [0.15, 0.2) is 5.76 Å². The van der Waals surface area contributed by atoms with Crippen molar-refractivity contribution in [3.63, 3.8) is 0 Å². The Hall–Kier alpha value is -1.56. The van der Waals surface area contributed by atoms with Crippen LogP contribution >= 0.6 is 11.6 Å². The molecule has 1 aliphatic rings. The lowest BCUT2D eigenvalue weighted by Crippen LogP contribution is -2.38. The summed E-state index contributed by atoms with van der Waals surface area (Å²) in [6.45, 7) is 2.49. The first kappa shape index (κ1) is 19.8. The third-order valence-corrected chi connectivity index (χ3v) is 4.54. The summed E-state index contributed by atoms with van der Waals surface area (Å²) < 4.78 is 11.7. The molecular formula is C19H26ClNO4. The monoisotopic (exact) mass is 367 g/mol. The third kappa shape index (κ3) is 4.97. The fourth-order valence-electron chi connectivity index (χ4n) is 3.04. The molecule has 0 bridgehead atoms. The van der Waals surface area contributed by atoms with Crippen molar-refractivity contribution in [2.24, 2.45) is 5.92 Å². The Balaban J connectivity index is 2.42. The lowest BCUT2D eigenvalue weighted by molar-refractivity contribution is -0.169. The normalized spacial score (nSPS) is 22.9. The van der Waals surface area contributed by atoms with Crippen molar-refractivity contribution < 1.29 is 19.4 Å². The van der Waals surface area contributed by atoms with Crippen molar-refractivity contribution in [3.8, 4) is 0 Å². The molecule has 0 aliphatic carbocycles. The number of allylic oxidation sites excluding steroid dienone is 1. The van der Waals surface area contributed by atoms with E-state index in [-0.39, 0.29) is 24.3 Å². The van der Waals surface area contributed by atoms with Crippen LogP contribution in [0.15, 0.2) is 36.1 Å². The molecule has 0 radical (unpaired) electrons. The van der Waals surface area contributed by atoms with Gasteiger partial charge in [0, 0.05) is 44.2 Å². The quantitative estimate of drug-likeness (QED) is 0.804. The van der Waals surface area contributed by atoms with E-state index in [1.807, 2.05) is 37.3 Å². The van der Waals surface area contributed by atoms with E-state index in [4.69, 9.17) is 21.1 Å². The molecule has 0 fully saturated rings. The maximum Gasteiger partial charge on any atom is 0.288 e. The lowest BCUT2D eigenvalue weighted by atomic mass is 9.80. The number of carbonyl (C=O) groups excluding carboxylic acids is 1. The Labute approximate surface area is 154 Å². The summed E-state index contributed by atoms with van der Waals surface area (Å²) in [5.41, 5.74) is 1.05. The van der Waals surface area contributed by atoms with Gasteiger partial charge in [-0.1, -0.05) is 23.7 Å². The predicted molar refractivity (Wildman–Crippen MR) is 97.3 cm³/mol. The second-order valence-electron chi connectivity index (χ2n) is 6.28. The highest BCUT2D eigenvalue weighted by molar-refractivity contribution is 6.30. The van der Waals surface area contributed by atoms with Gasteiger partial charge in [-0.25, -0.2) is 0 Å². The van der Waals surface area contributed by atoms with Crippen LogP contribution in [-0.2, 0) is 14.3 Å². The minimum absolute atomic E-state index is 0.00647. The number of aliphatic hydroxyl groups is 1. The van der Waals surface area contributed by atoms with Crippen LogP contribution in [0, 0.1) is 5.92 Å². The second kappa shape index (κ2) is 9.22. The van der Waals surface area contributed by atoms with E-state index in [2.05, 4.69) is 0 Å². The molecule has 25 heavy (non-hydrogen) atoms. The van der Waals surface area contributed by atoms with Crippen molar-refractivity contribution in [2.75, 3.05) is 27.3 Å². The Bertz CT molecular complexity index is 600. The lowest BCUT2D eigenvalue weighted by Gasteiger charge is -2.37. The zero-order chi connectivity index (χ0) is 18.4. The molecule has 1 aromatic carbocycles. The van der Waals surface area contributed by atoms with Crippen molar-refractivity contribution in [3.05, 3.63) is 46.7 Å². The van der Waals surface area contributed by atoms with E-state index in [0.717, 1.165) is 12.0 Å². The van der Waals surface area contributed by atoms with Gasteiger partial charge in [-0.15, -0.1) is 0 Å². The van der Waals surface area contributed by atoms with E-state index in [1.165, 1.54) is 4.90 Å². The summed E-state index contributed by atoms with van der Waals surface area (Å²) in [6, 6.07) is 7.60. The largest absolute Gasteiger partial charge is 0.459 e. The molecule has 1 aliphatic heterocycles. The first-order valence-electron chi connectivity index (χ1n) is 8.56. The maximum absolute atomic E-state index is 12.4. The number of likely N-dealkylation sites (N-methyl/N-ethyl adjacent to an activating group) is 1. The molecule has 3 atom stereocenters. The molecule has 0 saturated heterocycles. The van der Waals surface area contributed by atoms with Crippen LogP contribution < -0.4 is 0 Å². The first-order chi connectivity index (χ1) is 12.0. The maximum atomic E-state index is 12.4. The molecular weight excluding hydrogens is 342 g/mol. The highest BCUT2D eigenvalue weighted by Gasteiger charge is 2.38. The van der Waals surface area contributed by atoms with E-state index < -0.39 is 6.29 Å². The average molecular weight is 368 g/mol. The summed E-state index contributed by atoms with van der Waals surface area (Å²) in [6.07, 6.45) is 2.71. The number of hydrogen-bond acceptors (Lipinski definition) is 4. The van der Waals surface area contributed by atoms with Gasteiger partial charge < -0.3 is 19.5 Å². The number of amides is 1. The zero-order valence-corrected chi connectivity index (χ0v) is 15.7. The summed E-state index contributed by atoms with van der Waals surface area (Å²) in [4.78, 5) is 13.9. The highest BCUT2D eigenvalue weighted by atomic mass is 35.5. The Kier molecular flexibility index (Phi) is 7.29. The third-order valence-electron chi connectivity index (χ3n) is 4.28. The Morgan fingerprint density at radius 2 is 2.00 bits per heavy atom. The van der Waals surface area contributed by atoms with Crippen LogP contribution in [0.5, 0.6) is 0 Å². The Morgan fingerprint density at radius 3 is 2.56 bits per heavy atom. The zero-order valence-electron chi connectivity index (χ0n) is 14.9. The van der Waals surface area contributed by atoms with E-state index >= 15 is 0 Å². The predicted octanol–water partition coefficient (Wildman–Crippen LogP) is 3.18. The average Bonchev–Trinajstić information content (AvgIpc) is 2.60.